The number of alkyl halides is 2. The van der Waals surface area contributed by atoms with Crippen LogP contribution in [-0.4, -0.2) is 3.74 Å². The van der Waals surface area contributed by atoms with Crippen LogP contribution < -0.4 is 0 Å². The molecule has 0 aromatic heterocycles. The Bertz CT molecular complexity index is 86.0. The molecule has 0 saturated heterocycles. The van der Waals surface area contributed by atoms with Gasteiger partial charge in [-0.25, -0.2) is 0 Å². The van der Waals surface area contributed by atoms with E-state index >= 15 is 0 Å². The molecule has 0 fully saturated rings. The SMILES string of the molecule is CCC#CC(Br)Br. The van der Waals surface area contributed by atoms with Crippen molar-refractivity contribution in [3.05, 3.63) is 0 Å². The van der Waals surface area contributed by atoms with Crippen molar-refractivity contribution in [2.24, 2.45) is 0 Å². The maximum absolute atomic E-state index is 3.22. The fraction of sp³-hybridized carbons (Fsp3) is 0.600. The van der Waals surface area contributed by atoms with Gasteiger partial charge in [-0.1, -0.05) is 44.7 Å². The molecule has 0 saturated carbocycles. The van der Waals surface area contributed by atoms with Crippen molar-refractivity contribution in [1.82, 2.24) is 0 Å². The predicted octanol–water partition coefficient (Wildman–Crippen LogP) is 2.52. The van der Waals surface area contributed by atoms with Crippen molar-refractivity contribution in [1.29, 1.82) is 0 Å². The number of halogens is 2. The van der Waals surface area contributed by atoms with E-state index in [9.17, 15) is 0 Å². The van der Waals surface area contributed by atoms with E-state index in [0.717, 1.165) is 6.42 Å². The number of hydrogen-bond acceptors (Lipinski definition) is 0. The summed E-state index contributed by atoms with van der Waals surface area (Å²) in [5, 5.41) is 0. The van der Waals surface area contributed by atoms with Gasteiger partial charge in [-0.05, 0) is 0 Å². The summed E-state index contributed by atoms with van der Waals surface area (Å²) in [7, 11) is 0. The maximum Gasteiger partial charge on any atom is 0.130 e. The Hall–Kier alpha value is 0.520. The van der Waals surface area contributed by atoms with E-state index < -0.39 is 0 Å². The Labute approximate surface area is 60.9 Å². The summed E-state index contributed by atoms with van der Waals surface area (Å²) in [5.74, 6) is 5.78. The zero-order valence-electron chi connectivity index (χ0n) is 4.04. The van der Waals surface area contributed by atoms with Crippen LogP contribution in [-0.2, 0) is 0 Å². The molecule has 0 nitrogen and oxygen atoms in total. The van der Waals surface area contributed by atoms with Crippen molar-refractivity contribution in [3.63, 3.8) is 0 Å². The number of rotatable bonds is 0. The Morgan fingerprint density at radius 3 is 2.29 bits per heavy atom. The second-order valence-corrected chi connectivity index (χ2v) is 4.04. The normalized spacial score (nSPS) is 8.00. The minimum absolute atomic E-state index is 0.167. The molecule has 0 atom stereocenters. The molecule has 0 N–H and O–H groups in total. The number of hydrogen-bond donors (Lipinski definition) is 0. The summed E-state index contributed by atoms with van der Waals surface area (Å²) in [5.41, 5.74) is 0. The zero-order valence-corrected chi connectivity index (χ0v) is 7.21. The molecule has 0 aromatic carbocycles. The van der Waals surface area contributed by atoms with E-state index in [0.29, 0.717) is 0 Å². The van der Waals surface area contributed by atoms with Crippen molar-refractivity contribution in [3.8, 4) is 11.8 Å². The van der Waals surface area contributed by atoms with Gasteiger partial charge in [-0.15, -0.1) is 5.92 Å². The first kappa shape index (κ1) is 7.52. The van der Waals surface area contributed by atoms with E-state index in [2.05, 4.69) is 43.7 Å². The zero-order chi connectivity index (χ0) is 5.70. The minimum atomic E-state index is 0.167. The van der Waals surface area contributed by atoms with Crippen LogP contribution in [0.4, 0.5) is 0 Å². The quantitative estimate of drug-likeness (QED) is 0.439. The Morgan fingerprint density at radius 1 is 1.57 bits per heavy atom. The van der Waals surface area contributed by atoms with Crippen LogP contribution in [0.1, 0.15) is 13.3 Å². The summed E-state index contributed by atoms with van der Waals surface area (Å²) >= 11 is 6.44. The van der Waals surface area contributed by atoms with E-state index in [4.69, 9.17) is 0 Å². The third kappa shape index (κ3) is 6.52. The Morgan fingerprint density at radius 2 is 2.14 bits per heavy atom. The van der Waals surface area contributed by atoms with Crippen LogP contribution in [0.15, 0.2) is 0 Å². The van der Waals surface area contributed by atoms with Gasteiger partial charge in [0.1, 0.15) is 3.74 Å². The molecular formula is C5H6Br2. The largest absolute Gasteiger partial charge is 0.130 e. The summed E-state index contributed by atoms with van der Waals surface area (Å²) in [4.78, 5) is 0. The fourth-order valence-electron chi connectivity index (χ4n) is 0.179. The Kier molecular flexibility index (Phi) is 5.02. The van der Waals surface area contributed by atoms with Crippen molar-refractivity contribution in [2.75, 3.05) is 0 Å². The highest BCUT2D eigenvalue weighted by atomic mass is 79.9. The highest BCUT2D eigenvalue weighted by molar-refractivity contribution is 9.24. The lowest BCUT2D eigenvalue weighted by Gasteiger charge is -1.79. The van der Waals surface area contributed by atoms with Crippen LogP contribution >= 0.6 is 31.9 Å². The van der Waals surface area contributed by atoms with Crippen LogP contribution in [0, 0.1) is 11.8 Å². The van der Waals surface area contributed by atoms with Crippen LogP contribution in [0.2, 0.25) is 0 Å². The van der Waals surface area contributed by atoms with Gasteiger partial charge in [0.05, 0.1) is 0 Å². The first-order chi connectivity index (χ1) is 3.27. The second kappa shape index (κ2) is 4.67. The van der Waals surface area contributed by atoms with Crippen molar-refractivity contribution >= 4 is 31.9 Å². The van der Waals surface area contributed by atoms with E-state index in [1.165, 1.54) is 0 Å². The second-order valence-electron chi connectivity index (χ2n) is 0.975. The fourth-order valence-corrected chi connectivity index (χ4v) is 0.503. The lowest BCUT2D eigenvalue weighted by atomic mass is 10.5. The Balaban J connectivity index is 3.24. The van der Waals surface area contributed by atoms with Crippen LogP contribution in [0.3, 0.4) is 0 Å². The molecule has 0 aliphatic rings. The highest BCUT2D eigenvalue weighted by Crippen LogP contribution is 2.04. The van der Waals surface area contributed by atoms with E-state index in [1.807, 2.05) is 6.92 Å². The molecular weight excluding hydrogens is 220 g/mol. The molecule has 0 heterocycles. The minimum Gasteiger partial charge on any atom is -0.102 e. The lowest BCUT2D eigenvalue weighted by Crippen LogP contribution is -1.71. The average molecular weight is 226 g/mol. The van der Waals surface area contributed by atoms with Gasteiger partial charge < -0.3 is 0 Å². The summed E-state index contributed by atoms with van der Waals surface area (Å²) in [6.07, 6.45) is 0.924. The van der Waals surface area contributed by atoms with Gasteiger partial charge in [0.25, 0.3) is 0 Å². The van der Waals surface area contributed by atoms with Gasteiger partial charge >= 0.3 is 0 Å². The molecule has 0 aliphatic heterocycles. The molecule has 0 unspecified atom stereocenters. The first-order valence-electron chi connectivity index (χ1n) is 2.04. The van der Waals surface area contributed by atoms with Gasteiger partial charge in [0, 0.05) is 6.42 Å². The first-order valence-corrected chi connectivity index (χ1v) is 3.87. The van der Waals surface area contributed by atoms with E-state index in [-0.39, 0.29) is 3.74 Å². The molecule has 2 heteroatoms. The van der Waals surface area contributed by atoms with E-state index in [1.54, 1.807) is 0 Å². The molecule has 7 heavy (non-hydrogen) atoms. The van der Waals surface area contributed by atoms with Crippen molar-refractivity contribution in [2.45, 2.75) is 17.1 Å². The van der Waals surface area contributed by atoms with Gasteiger partial charge in [0.15, 0.2) is 0 Å². The average Bonchev–Trinajstić information content (AvgIpc) is 1.61. The molecule has 0 rings (SSSR count). The van der Waals surface area contributed by atoms with Gasteiger partial charge in [0.2, 0.25) is 0 Å². The molecule has 0 aromatic rings. The third-order valence-electron chi connectivity index (χ3n) is 0.388. The molecule has 0 radical (unpaired) electrons. The van der Waals surface area contributed by atoms with Crippen molar-refractivity contribution < 1.29 is 0 Å². The standard InChI is InChI=1S/C5H6Br2/c1-2-3-4-5(6)7/h5H,2H2,1H3. The van der Waals surface area contributed by atoms with Crippen LogP contribution in [0.25, 0.3) is 0 Å². The molecule has 0 aliphatic carbocycles. The monoisotopic (exact) mass is 224 g/mol. The predicted molar refractivity (Wildman–Crippen MR) is 39.7 cm³/mol. The van der Waals surface area contributed by atoms with Gasteiger partial charge in [-0.2, -0.15) is 0 Å². The highest BCUT2D eigenvalue weighted by Gasteiger charge is 1.82. The lowest BCUT2D eigenvalue weighted by molar-refractivity contribution is 1.28. The van der Waals surface area contributed by atoms with Gasteiger partial charge in [-0.3, -0.25) is 0 Å². The third-order valence-corrected chi connectivity index (χ3v) is 0.846. The molecule has 40 valence electrons. The smallest absolute Gasteiger partial charge is 0.102 e. The maximum atomic E-state index is 3.22. The molecule has 0 amide bonds. The molecule has 0 bridgehead atoms. The summed E-state index contributed by atoms with van der Waals surface area (Å²) in [6, 6.07) is 0. The summed E-state index contributed by atoms with van der Waals surface area (Å²) < 4.78 is 0.167. The topological polar surface area (TPSA) is 0 Å². The molecule has 0 spiro atoms. The summed E-state index contributed by atoms with van der Waals surface area (Å²) in [6.45, 7) is 2.02. The van der Waals surface area contributed by atoms with Crippen LogP contribution in [0.5, 0.6) is 0 Å².